The van der Waals surface area contributed by atoms with Gasteiger partial charge in [0.25, 0.3) is 5.91 Å². The summed E-state index contributed by atoms with van der Waals surface area (Å²) in [6.45, 7) is 3.39. The minimum atomic E-state index is -0.831. The minimum absolute atomic E-state index is 0.0749. The number of rotatable bonds is 9. The lowest BCUT2D eigenvalue weighted by Crippen LogP contribution is -2.48. The molecule has 1 fully saturated rings. The zero-order valence-electron chi connectivity index (χ0n) is 16.0. The van der Waals surface area contributed by atoms with Crippen molar-refractivity contribution in [1.82, 2.24) is 5.32 Å². The molecule has 9 nitrogen and oxygen atoms in total. The molecule has 154 valence electrons. The Morgan fingerprint density at radius 2 is 2.24 bits per heavy atom. The Morgan fingerprint density at radius 3 is 2.97 bits per heavy atom. The summed E-state index contributed by atoms with van der Waals surface area (Å²) in [6.07, 6.45) is -0.294. The van der Waals surface area contributed by atoms with Crippen molar-refractivity contribution in [3.8, 4) is 0 Å². The van der Waals surface area contributed by atoms with E-state index in [1.54, 1.807) is 19.1 Å². The topological polar surface area (TPSA) is 121 Å². The lowest BCUT2D eigenvalue weighted by molar-refractivity contribution is 0.0915. The first kappa shape index (κ1) is 20.6. The van der Waals surface area contributed by atoms with Crippen LogP contribution < -0.4 is 15.8 Å². The molecular formula is C19H22FN5O4. The second-order valence-corrected chi connectivity index (χ2v) is 6.90. The lowest BCUT2D eigenvalue weighted by Gasteiger charge is -2.36. The summed E-state index contributed by atoms with van der Waals surface area (Å²) < 4.78 is 23.7. The molecule has 3 rings (SSSR count). The summed E-state index contributed by atoms with van der Waals surface area (Å²) in [6, 6.07) is 6.51. The normalized spacial score (nSPS) is 14.9. The van der Waals surface area contributed by atoms with E-state index in [9.17, 15) is 14.0 Å². The number of amides is 1. The Balaban J connectivity index is 1.60. The summed E-state index contributed by atoms with van der Waals surface area (Å²) in [4.78, 5) is 29.2. The fourth-order valence-electron chi connectivity index (χ4n) is 2.98. The van der Waals surface area contributed by atoms with E-state index in [-0.39, 0.29) is 18.2 Å². The van der Waals surface area contributed by atoms with E-state index in [2.05, 4.69) is 15.3 Å². The van der Waals surface area contributed by atoms with E-state index in [0.717, 1.165) is 5.69 Å². The van der Waals surface area contributed by atoms with E-state index in [0.29, 0.717) is 43.7 Å². The Bertz CT molecular complexity index is 982. The van der Waals surface area contributed by atoms with Crippen LogP contribution in [0.4, 0.5) is 10.1 Å². The number of fused-ring (bicyclic) bond motifs is 1. The number of hydrogen-bond acceptors (Lipinski definition) is 6. The third-order valence-corrected chi connectivity index (χ3v) is 4.64. The van der Waals surface area contributed by atoms with Crippen LogP contribution in [0.25, 0.3) is 21.4 Å². The monoisotopic (exact) mass is 403 g/mol. The third kappa shape index (κ3) is 5.24. The quantitative estimate of drug-likeness (QED) is 0.227. The molecule has 0 bridgehead atoms. The molecule has 0 radical (unpaired) electrons. The number of carbonyl (C=O) groups excluding carboxylic acids is 1. The molecule has 1 aromatic carbocycles. The largest absolute Gasteiger partial charge is 0.422 e. The van der Waals surface area contributed by atoms with Gasteiger partial charge in [-0.2, -0.15) is 0 Å². The van der Waals surface area contributed by atoms with E-state index in [1.165, 1.54) is 6.07 Å². The minimum Gasteiger partial charge on any atom is -0.422 e. The van der Waals surface area contributed by atoms with Crippen LogP contribution in [0.2, 0.25) is 0 Å². The highest BCUT2D eigenvalue weighted by Gasteiger charge is 2.26. The average molecular weight is 403 g/mol. The number of carbonyl (C=O) groups is 1. The molecule has 1 saturated heterocycles. The molecule has 0 aliphatic carbocycles. The maximum absolute atomic E-state index is 13.0. The molecule has 2 heterocycles. The van der Waals surface area contributed by atoms with Crippen LogP contribution in [0.15, 0.2) is 38.6 Å². The van der Waals surface area contributed by atoms with Crippen molar-refractivity contribution < 1.29 is 18.3 Å². The number of ether oxygens (including phenoxy) is 1. The molecule has 0 saturated carbocycles. The van der Waals surface area contributed by atoms with Crippen LogP contribution in [0.5, 0.6) is 0 Å². The molecule has 0 spiro atoms. The molecule has 1 amide bonds. The highest BCUT2D eigenvalue weighted by Crippen LogP contribution is 2.26. The molecule has 2 aromatic rings. The first-order valence-corrected chi connectivity index (χ1v) is 9.34. The van der Waals surface area contributed by atoms with Gasteiger partial charge in [-0.15, -0.1) is 0 Å². The maximum Gasteiger partial charge on any atom is 0.349 e. The Hall–Kier alpha value is -3.10. The molecule has 10 heteroatoms. The first-order chi connectivity index (χ1) is 14.0. The fourth-order valence-corrected chi connectivity index (χ4v) is 2.98. The smallest absolute Gasteiger partial charge is 0.349 e. The van der Waals surface area contributed by atoms with Gasteiger partial charge in [-0.05, 0) is 37.1 Å². The van der Waals surface area contributed by atoms with Crippen molar-refractivity contribution in [2.45, 2.75) is 25.6 Å². The van der Waals surface area contributed by atoms with E-state index >= 15 is 0 Å². The molecule has 1 unspecified atom stereocenters. The van der Waals surface area contributed by atoms with Crippen LogP contribution in [0, 0.1) is 0 Å². The first-order valence-electron chi connectivity index (χ1n) is 9.34. The van der Waals surface area contributed by atoms with Crippen LogP contribution in [-0.2, 0) is 4.74 Å². The van der Waals surface area contributed by atoms with Gasteiger partial charge in [0.1, 0.15) is 17.3 Å². The van der Waals surface area contributed by atoms with E-state index in [4.69, 9.17) is 14.7 Å². The second-order valence-electron chi connectivity index (χ2n) is 6.90. The van der Waals surface area contributed by atoms with Crippen LogP contribution in [-0.4, -0.2) is 51.0 Å². The van der Waals surface area contributed by atoms with Crippen LogP contribution in [0.3, 0.4) is 0 Å². The third-order valence-electron chi connectivity index (χ3n) is 4.64. The van der Waals surface area contributed by atoms with Gasteiger partial charge in [0.05, 0.1) is 19.7 Å². The predicted molar refractivity (Wildman–Crippen MR) is 106 cm³/mol. The number of alkyl halides is 1. The summed E-state index contributed by atoms with van der Waals surface area (Å²) in [5, 5.41) is 6.72. The van der Waals surface area contributed by atoms with E-state index in [1.807, 2.05) is 11.0 Å². The van der Waals surface area contributed by atoms with Crippen molar-refractivity contribution in [2.75, 3.05) is 37.7 Å². The van der Waals surface area contributed by atoms with Crippen molar-refractivity contribution in [1.29, 1.82) is 0 Å². The molecule has 1 aliphatic heterocycles. The summed E-state index contributed by atoms with van der Waals surface area (Å²) >= 11 is 0. The number of nitrogens with one attached hydrogen (secondary N) is 1. The van der Waals surface area contributed by atoms with E-state index < -0.39 is 17.7 Å². The number of anilines is 1. The van der Waals surface area contributed by atoms with Gasteiger partial charge in [0.15, 0.2) is 0 Å². The highest BCUT2D eigenvalue weighted by atomic mass is 19.1. The van der Waals surface area contributed by atoms with Gasteiger partial charge in [-0.3, -0.25) is 4.79 Å². The Kier molecular flexibility index (Phi) is 6.69. The van der Waals surface area contributed by atoms with Crippen molar-refractivity contribution in [2.24, 2.45) is 5.11 Å². The number of hydrogen-bond donors (Lipinski definition) is 1. The summed E-state index contributed by atoms with van der Waals surface area (Å²) in [5.74, 6) is -0.519. The standard InChI is InChI=1S/C19H22FN5O4/c1-12(4-6-28-7-5-22-24-21)23-18(26)16-8-13-2-3-15(25-10-14(20)11-25)9-17(13)29-19(16)27/h2-3,8-9,12,14H,4-7,10-11H2,1H3,(H,23,26). The predicted octanol–water partition coefficient (Wildman–Crippen LogP) is 2.79. The molecule has 1 aromatic heterocycles. The molecule has 1 N–H and O–H groups in total. The highest BCUT2D eigenvalue weighted by molar-refractivity contribution is 5.97. The van der Waals surface area contributed by atoms with Crippen molar-refractivity contribution in [3.05, 3.63) is 50.7 Å². The van der Waals surface area contributed by atoms with Gasteiger partial charge >= 0.3 is 5.63 Å². The number of halogens is 1. The fraction of sp³-hybridized carbons (Fsp3) is 0.474. The van der Waals surface area contributed by atoms with Crippen LogP contribution in [0.1, 0.15) is 23.7 Å². The molecule has 29 heavy (non-hydrogen) atoms. The maximum atomic E-state index is 13.0. The summed E-state index contributed by atoms with van der Waals surface area (Å²) in [7, 11) is 0. The van der Waals surface area contributed by atoms with Crippen LogP contribution >= 0.6 is 0 Å². The number of benzene rings is 1. The number of azide groups is 1. The van der Waals surface area contributed by atoms with Crippen molar-refractivity contribution >= 4 is 22.6 Å². The van der Waals surface area contributed by atoms with Crippen molar-refractivity contribution in [3.63, 3.8) is 0 Å². The van der Waals surface area contributed by atoms with Gasteiger partial charge in [-0.1, -0.05) is 5.11 Å². The van der Waals surface area contributed by atoms with Gasteiger partial charge in [0, 0.05) is 41.2 Å². The summed E-state index contributed by atoms with van der Waals surface area (Å²) in [5.41, 5.74) is 8.51. The molecule has 1 atom stereocenters. The van der Waals surface area contributed by atoms with Gasteiger partial charge < -0.3 is 19.4 Å². The average Bonchev–Trinajstić information content (AvgIpc) is 2.67. The lowest BCUT2D eigenvalue weighted by atomic mass is 10.1. The van der Waals surface area contributed by atoms with Gasteiger partial charge in [0.2, 0.25) is 0 Å². The zero-order valence-corrected chi connectivity index (χ0v) is 16.0. The molecule has 1 aliphatic rings. The number of nitrogens with zero attached hydrogens (tertiary/aromatic N) is 4. The Morgan fingerprint density at radius 1 is 1.45 bits per heavy atom. The zero-order chi connectivity index (χ0) is 20.8. The SMILES string of the molecule is CC(CCOCCN=[N+]=[N-])NC(=O)c1cc2ccc(N3CC(F)C3)cc2oc1=O. The Labute approximate surface area is 166 Å². The van der Waals surface area contributed by atoms with Gasteiger partial charge in [-0.25, -0.2) is 9.18 Å². The molecular weight excluding hydrogens is 381 g/mol. The second kappa shape index (κ2) is 9.40.